The van der Waals surface area contributed by atoms with Crippen molar-refractivity contribution >= 4 is 44.8 Å². The van der Waals surface area contributed by atoms with E-state index in [1.54, 1.807) is 22.0 Å². The summed E-state index contributed by atoms with van der Waals surface area (Å²) in [5.41, 5.74) is 1.97. The van der Waals surface area contributed by atoms with Gasteiger partial charge in [-0.15, -0.1) is 11.3 Å². The molecule has 1 aliphatic heterocycles. The number of nitrogens with one attached hydrogen (secondary N) is 1. The van der Waals surface area contributed by atoms with E-state index in [1.165, 1.54) is 6.33 Å². The van der Waals surface area contributed by atoms with Gasteiger partial charge < -0.3 is 10.1 Å². The minimum atomic E-state index is -0.573. The standard InChI is InChI=1S/C24H26N4O4S/c1-5-32-23(31)13-6-7-14-17(9-13)33-21-18(14)20(25-11-26-21)27-15-8-12(2)19-16(29)10-24(3,4)28(19)22(15)30/h8,11,13H,5-7,9-10H2,1-4H3,(H,25,26,27)/t13-/m0/s1. The van der Waals surface area contributed by atoms with Gasteiger partial charge in [-0.25, -0.2) is 9.97 Å². The Morgan fingerprint density at radius 3 is 2.88 bits per heavy atom. The van der Waals surface area contributed by atoms with Crippen LogP contribution in [0.4, 0.5) is 11.5 Å². The number of aryl methyl sites for hydroxylation is 2. The number of fused-ring (bicyclic) bond motifs is 4. The zero-order valence-electron chi connectivity index (χ0n) is 19.2. The smallest absolute Gasteiger partial charge is 0.309 e. The second-order valence-corrected chi connectivity index (χ2v) is 10.4. The van der Waals surface area contributed by atoms with Gasteiger partial charge in [0.05, 0.1) is 29.1 Å². The fraction of sp³-hybridized carbons (Fsp3) is 0.458. The molecule has 4 heterocycles. The number of ketones is 1. The molecule has 0 aromatic carbocycles. The first-order chi connectivity index (χ1) is 15.7. The summed E-state index contributed by atoms with van der Waals surface area (Å²) in [5, 5.41) is 4.15. The largest absolute Gasteiger partial charge is 0.466 e. The Morgan fingerprint density at radius 1 is 1.33 bits per heavy atom. The van der Waals surface area contributed by atoms with Gasteiger partial charge in [-0.2, -0.15) is 0 Å². The van der Waals surface area contributed by atoms with Crippen molar-refractivity contribution in [2.75, 3.05) is 11.9 Å². The third kappa shape index (κ3) is 3.45. The number of carbonyl (C=O) groups excluding carboxylic acids is 2. The molecule has 0 saturated heterocycles. The molecule has 33 heavy (non-hydrogen) atoms. The molecular weight excluding hydrogens is 440 g/mol. The molecule has 3 aromatic heterocycles. The zero-order chi connectivity index (χ0) is 23.5. The maximum Gasteiger partial charge on any atom is 0.309 e. The number of aromatic nitrogens is 3. The van der Waals surface area contributed by atoms with Gasteiger partial charge in [0.2, 0.25) is 0 Å². The average Bonchev–Trinajstić information content (AvgIpc) is 3.25. The monoisotopic (exact) mass is 466 g/mol. The molecule has 1 atom stereocenters. The number of pyridine rings is 1. The normalized spacial score (nSPS) is 18.8. The van der Waals surface area contributed by atoms with Crippen molar-refractivity contribution in [3.8, 4) is 0 Å². The highest BCUT2D eigenvalue weighted by Gasteiger charge is 2.38. The Morgan fingerprint density at radius 2 is 2.12 bits per heavy atom. The minimum Gasteiger partial charge on any atom is -0.466 e. The van der Waals surface area contributed by atoms with Crippen molar-refractivity contribution in [1.82, 2.24) is 14.5 Å². The SMILES string of the molecule is CCOC(=O)[C@H]1CCc2c(sc3ncnc(Nc4cc(C)c5n(c4=O)C(C)(C)CC5=O)c23)C1. The maximum atomic E-state index is 13.4. The molecule has 0 spiro atoms. The molecule has 1 N–H and O–H groups in total. The molecule has 2 aliphatic rings. The Kier molecular flexibility index (Phi) is 5.12. The summed E-state index contributed by atoms with van der Waals surface area (Å²) in [5.74, 6) is 0.280. The van der Waals surface area contributed by atoms with Gasteiger partial charge in [0.15, 0.2) is 5.78 Å². The van der Waals surface area contributed by atoms with Crippen molar-refractivity contribution in [2.45, 2.75) is 58.9 Å². The van der Waals surface area contributed by atoms with Crippen LogP contribution in [0.1, 0.15) is 60.1 Å². The highest BCUT2D eigenvalue weighted by molar-refractivity contribution is 7.19. The number of esters is 1. The highest BCUT2D eigenvalue weighted by atomic mass is 32.1. The van der Waals surface area contributed by atoms with Crippen LogP contribution < -0.4 is 10.9 Å². The number of Topliss-reactive ketones (excluding diaryl/α,β-unsaturated/α-hetero) is 1. The van der Waals surface area contributed by atoms with Gasteiger partial charge in [-0.05, 0) is 64.2 Å². The predicted octanol–water partition coefficient (Wildman–Crippen LogP) is 3.89. The molecule has 0 radical (unpaired) electrons. The third-order valence-electron chi connectivity index (χ3n) is 6.57. The Labute approximate surface area is 195 Å². The molecular formula is C24H26N4O4S. The van der Waals surface area contributed by atoms with Gasteiger partial charge >= 0.3 is 5.97 Å². The van der Waals surface area contributed by atoms with Gasteiger partial charge in [0, 0.05) is 11.3 Å². The fourth-order valence-electron chi connectivity index (χ4n) is 5.11. The van der Waals surface area contributed by atoms with Crippen LogP contribution in [0.15, 0.2) is 17.2 Å². The second-order valence-electron chi connectivity index (χ2n) is 9.37. The van der Waals surface area contributed by atoms with E-state index in [0.29, 0.717) is 43.1 Å². The van der Waals surface area contributed by atoms with E-state index < -0.39 is 5.54 Å². The van der Waals surface area contributed by atoms with Crippen molar-refractivity contribution in [1.29, 1.82) is 0 Å². The molecule has 9 heteroatoms. The van der Waals surface area contributed by atoms with E-state index in [0.717, 1.165) is 32.6 Å². The summed E-state index contributed by atoms with van der Waals surface area (Å²) < 4.78 is 6.83. The predicted molar refractivity (Wildman–Crippen MR) is 127 cm³/mol. The number of hydrogen-bond donors (Lipinski definition) is 1. The lowest BCUT2D eigenvalue weighted by molar-refractivity contribution is -0.148. The molecule has 0 saturated carbocycles. The zero-order valence-corrected chi connectivity index (χ0v) is 20.0. The number of rotatable bonds is 4. The molecule has 0 unspecified atom stereocenters. The summed E-state index contributed by atoms with van der Waals surface area (Å²) in [6, 6.07) is 1.73. The van der Waals surface area contributed by atoms with Gasteiger partial charge in [0.1, 0.15) is 22.7 Å². The number of nitrogens with zero attached hydrogens (tertiary/aromatic N) is 3. The number of anilines is 2. The topological polar surface area (TPSA) is 103 Å². The molecule has 0 fully saturated rings. The number of ether oxygens (including phenoxy) is 1. The molecule has 8 nitrogen and oxygen atoms in total. The second kappa shape index (κ2) is 7.76. The summed E-state index contributed by atoms with van der Waals surface area (Å²) in [4.78, 5) is 49.0. The van der Waals surface area contributed by atoms with Crippen molar-refractivity contribution in [3.05, 3.63) is 44.4 Å². The number of thiophene rings is 1. The van der Waals surface area contributed by atoms with Crippen LogP contribution in [-0.2, 0) is 27.9 Å². The lowest BCUT2D eigenvalue weighted by atomic mass is 9.88. The number of hydrogen-bond acceptors (Lipinski definition) is 8. The fourth-order valence-corrected chi connectivity index (χ4v) is 6.37. The van der Waals surface area contributed by atoms with Gasteiger partial charge in [-0.1, -0.05) is 0 Å². The lowest BCUT2D eigenvalue weighted by Gasteiger charge is -2.22. The Bertz CT molecular complexity index is 1370. The summed E-state index contributed by atoms with van der Waals surface area (Å²) in [6.45, 7) is 7.87. The van der Waals surface area contributed by atoms with E-state index in [2.05, 4.69) is 15.3 Å². The minimum absolute atomic E-state index is 0.00589. The quantitative estimate of drug-likeness (QED) is 0.582. The number of carbonyl (C=O) groups is 2. The van der Waals surface area contributed by atoms with Crippen LogP contribution >= 0.6 is 11.3 Å². The van der Waals surface area contributed by atoms with Crippen molar-refractivity contribution in [2.24, 2.45) is 5.92 Å². The summed E-state index contributed by atoms with van der Waals surface area (Å²) >= 11 is 1.56. The van der Waals surface area contributed by atoms with E-state index in [1.807, 2.05) is 27.7 Å². The molecule has 3 aromatic rings. The van der Waals surface area contributed by atoms with Crippen molar-refractivity contribution in [3.63, 3.8) is 0 Å². The van der Waals surface area contributed by atoms with Crippen LogP contribution in [0.25, 0.3) is 10.2 Å². The van der Waals surface area contributed by atoms with E-state index in [4.69, 9.17) is 4.74 Å². The van der Waals surface area contributed by atoms with Crippen LogP contribution in [0, 0.1) is 12.8 Å². The highest BCUT2D eigenvalue weighted by Crippen LogP contribution is 2.41. The Balaban J connectivity index is 1.56. The first kappa shape index (κ1) is 21.8. The molecule has 0 amide bonds. The maximum absolute atomic E-state index is 13.4. The molecule has 172 valence electrons. The molecule has 0 bridgehead atoms. The summed E-state index contributed by atoms with van der Waals surface area (Å²) in [6.07, 6.45) is 3.86. The third-order valence-corrected chi connectivity index (χ3v) is 7.73. The lowest BCUT2D eigenvalue weighted by Crippen LogP contribution is -2.34. The van der Waals surface area contributed by atoms with E-state index >= 15 is 0 Å². The first-order valence-electron chi connectivity index (χ1n) is 11.2. The van der Waals surface area contributed by atoms with Gasteiger partial charge in [0.25, 0.3) is 5.56 Å². The first-order valence-corrected chi connectivity index (χ1v) is 12.0. The van der Waals surface area contributed by atoms with Crippen molar-refractivity contribution < 1.29 is 14.3 Å². The van der Waals surface area contributed by atoms with Gasteiger partial charge in [-0.3, -0.25) is 19.0 Å². The van der Waals surface area contributed by atoms with Crippen LogP contribution in [0.3, 0.4) is 0 Å². The van der Waals surface area contributed by atoms with Crippen LogP contribution in [0.5, 0.6) is 0 Å². The molecule has 1 aliphatic carbocycles. The molecule has 5 rings (SSSR count). The van der Waals surface area contributed by atoms with E-state index in [9.17, 15) is 14.4 Å². The van der Waals surface area contributed by atoms with Crippen LogP contribution in [0.2, 0.25) is 0 Å². The van der Waals surface area contributed by atoms with E-state index in [-0.39, 0.29) is 23.2 Å². The average molecular weight is 467 g/mol. The van der Waals surface area contributed by atoms with Crippen LogP contribution in [-0.4, -0.2) is 32.9 Å². The Hall–Kier alpha value is -3.07. The summed E-state index contributed by atoms with van der Waals surface area (Å²) in [7, 11) is 0.